The van der Waals surface area contributed by atoms with Crippen LogP contribution in [0.2, 0.25) is 4.34 Å². The monoisotopic (exact) mass is 300 g/mol. The number of carbonyl (C=O) groups is 2. The number of hydrogen-bond acceptors (Lipinski definition) is 4. The van der Waals surface area contributed by atoms with Crippen LogP contribution in [-0.2, 0) is 4.79 Å². The average molecular weight is 301 g/mol. The molecule has 1 aliphatic rings. The fourth-order valence-electron chi connectivity index (χ4n) is 2.36. The molecule has 104 valence electrons. The van der Waals surface area contributed by atoms with Gasteiger partial charge in [0.15, 0.2) is 5.78 Å². The number of nitrogens with zero attached hydrogens (tertiary/aromatic N) is 1. The van der Waals surface area contributed by atoms with Crippen molar-refractivity contribution in [2.45, 2.75) is 25.8 Å². The van der Waals surface area contributed by atoms with Gasteiger partial charge >= 0.3 is 0 Å². The van der Waals surface area contributed by atoms with Crippen LogP contribution in [-0.4, -0.2) is 35.7 Å². The highest BCUT2D eigenvalue weighted by Gasteiger charge is 2.30. The fraction of sp³-hybridized carbons (Fsp3) is 0.538. The lowest BCUT2D eigenvalue weighted by atomic mass is 9.93. The van der Waals surface area contributed by atoms with E-state index in [1.165, 1.54) is 11.3 Å². The van der Waals surface area contributed by atoms with Gasteiger partial charge in [0.1, 0.15) is 0 Å². The highest BCUT2D eigenvalue weighted by molar-refractivity contribution is 7.18. The highest BCUT2D eigenvalue weighted by atomic mass is 35.5. The van der Waals surface area contributed by atoms with Gasteiger partial charge in [0.25, 0.3) is 0 Å². The summed E-state index contributed by atoms with van der Waals surface area (Å²) in [6, 6.07) is 3.77. The van der Waals surface area contributed by atoms with Gasteiger partial charge < -0.3 is 5.73 Å². The van der Waals surface area contributed by atoms with Gasteiger partial charge in [-0.25, -0.2) is 0 Å². The molecular weight excluding hydrogens is 284 g/mol. The summed E-state index contributed by atoms with van der Waals surface area (Å²) in [5, 5.41) is 0. The summed E-state index contributed by atoms with van der Waals surface area (Å²) in [5.74, 6) is -0.367. The van der Waals surface area contributed by atoms with Crippen LogP contribution in [0.25, 0.3) is 0 Å². The van der Waals surface area contributed by atoms with Crippen LogP contribution in [0.1, 0.15) is 29.4 Å². The second-order valence-corrected chi connectivity index (χ2v) is 6.70. The van der Waals surface area contributed by atoms with Gasteiger partial charge in [0.05, 0.1) is 21.7 Å². The van der Waals surface area contributed by atoms with Crippen molar-refractivity contribution < 1.29 is 9.59 Å². The first-order valence-corrected chi connectivity index (χ1v) is 7.48. The van der Waals surface area contributed by atoms with E-state index in [9.17, 15) is 9.59 Å². The molecule has 4 nitrogen and oxygen atoms in total. The summed E-state index contributed by atoms with van der Waals surface area (Å²) in [4.78, 5) is 26.1. The second-order valence-electron chi connectivity index (χ2n) is 4.98. The third-order valence-electron chi connectivity index (χ3n) is 3.61. The maximum atomic E-state index is 12.1. The molecule has 0 radical (unpaired) electrons. The molecule has 6 heteroatoms. The summed E-state index contributed by atoms with van der Waals surface area (Å²) in [6.45, 7) is 2.97. The topological polar surface area (TPSA) is 63.4 Å². The molecular formula is C13H17ClN2O2S. The van der Waals surface area contributed by atoms with E-state index >= 15 is 0 Å². The van der Waals surface area contributed by atoms with Gasteiger partial charge in [-0.15, -0.1) is 11.3 Å². The van der Waals surface area contributed by atoms with E-state index in [0.29, 0.717) is 28.3 Å². The average Bonchev–Trinajstić information content (AvgIpc) is 2.78. The minimum Gasteiger partial charge on any atom is -0.369 e. The molecule has 0 aromatic carbocycles. The third-order valence-corrected chi connectivity index (χ3v) is 4.88. The Labute approximate surface area is 121 Å². The SMILES string of the molecule is CC1CCC(C(N)=O)CN1CC(=O)c1ccc(Cl)s1. The smallest absolute Gasteiger partial charge is 0.221 e. The normalized spacial score (nSPS) is 24.3. The molecule has 0 saturated carbocycles. The zero-order chi connectivity index (χ0) is 14.0. The molecule has 1 aromatic heterocycles. The standard InChI is InChI=1S/C13H17ClN2O2S/c1-8-2-3-9(13(15)18)6-16(8)7-10(17)11-4-5-12(14)19-11/h4-5,8-9H,2-3,6-7H2,1H3,(H2,15,18). The number of thiophene rings is 1. The number of halogens is 1. The van der Waals surface area contributed by atoms with E-state index in [0.717, 1.165) is 12.8 Å². The number of carbonyl (C=O) groups excluding carboxylic acids is 2. The third kappa shape index (κ3) is 3.55. The van der Waals surface area contributed by atoms with Crippen molar-refractivity contribution in [1.29, 1.82) is 0 Å². The quantitative estimate of drug-likeness (QED) is 0.867. The molecule has 2 atom stereocenters. The highest BCUT2D eigenvalue weighted by Crippen LogP contribution is 2.25. The van der Waals surface area contributed by atoms with Crippen LogP contribution in [0.15, 0.2) is 12.1 Å². The van der Waals surface area contributed by atoms with Gasteiger partial charge in [-0.1, -0.05) is 11.6 Å². The second kappa shape index (κ2) is 6.03. The Morgan fingerprint density at radius 3 is 2.79 bits per heavy atom. The molecule has 0 spiro atoms. The lowest BCUT2D eigenvalue weighted by Gasteiger charge is -2.36. The molecule has 1 aliphatic heterocycles. The number of rotatable bonds is 4. The Morgan fingerprint density at radius 2 is 2.21 bits per heavy atom. The van der Waals surface area contributed by atoms with Crippen LogP contribution in [0, 0.1) is 5.92 Å². The maximum Gasteiger partial charge on any atom is 0.221 e. The molecule has 1 amide bonds. The lowest BCUT2D eigenvalue weighted by molar-refractivity contribution is -0.123. The number of Topliss-reactive ketones (excluding diaryl/α,β-unsaturated/α-hetero) is 1. The van der Waals surface area contributed by atoms with Crippen molar-refractivity contribution in [2.24, 2.45) is 11.7 Å². The predicted molar refractivity (Wildman–Crippen MR) is 76.6 cm³/mol. The molecule has 1 fully saturated rings. The van der Waals surface area contributed by atoms with Gasteiger partial charge in [0.2, 0.25) is 5.91 Å². The lowest BCUT2D eigenvalue weighted by Crippen LogP contribution is -2.47. The predicted octanol–water partition coefficient (Wildman–Crippen LogP) is 2.17. The number of piperidine rings is 1. The van der Waals surface area contributed by atoms with Crippen LogP contribution in [0.3, 0.4) is 0 Å². The number of nitrogens with two attached hydrogens (primary N) is 1. The Kier molecular flexibility index (Phi) is 4.60. The van der Waals surface area contributed by atoms with Gasteiger partial charge in [-0.05, 0) is 31.9 Å². The molecule has 1 saturated heterocycles. The molecule has 19 heavy (non-hydrogen) atoms. The fourth-order valence-corrected chi connectivity index (χ4v) is 3.33. The zero-order valence-electron chi connectivity index (χ0n) is 10.8. The molecule has 2 unspecified atom stereocenters. The molecule has 2 heterocycles. The summed E-state index contributed by atoms with van der Waals surface area (Å²) in [6.07, 6.45) is 1.71. The van der Waals surface area contributed by atoms with Crippen molar-refractivity contribution in [3.63, 3.8) is 0 Å². The summed E-state index contributed by atoms with van der Waals surface area (Å²) >= 11 is 7.12. The van der Waals surface area contributed by atoms with E-state index < -0.39 is 0 Å². The molecule has 2 rings (SSSR count). The van der Waals surface area contributed by atoms with Crippen LogP contribution in [0.5, 0.6) is 0 Å². The molecule has 2 N–H and O–H groups in total. The Morgan fingerprint density at radius 1 is 1.47 bits per heavy atom. The number of likely N-dealkylation sites (tertiary alicyclic amines) is 1. The van der Waals surface area contributed by atoms with E-state index in [2.05, 4.69) is 6.92 Å². The largest absolute Gasteiger partial charge is 0.369 e. The van der Waals surface area contributed by atoms with Crippen molar-refractivity contribution in [3.05, 3.63) is 21.3 Å². The van der Waals surface area contributed by atoms with Gasteiger partial charge in [-0.3, -0.25) is 14.5 Å². The van der Waals surface area contributed by atoms with Crippen molar-refractivity contribution in [3.8, 4) is 0 Å². The molecule has 1 aromatic rings. The summed E-state index contributed by atoms with van der Waals surface area (Å²) < 4.78 is 0.616. The van der Waals surface area contributed by atoms with Crippen molar-refractivity contribution >= 4 is 34.6 Å². The molecule has 0 aliphatic carbocycles. The summed E-state index contributed by atoms with van der Waals surface area (Å²) in [7, 11) is 0. The minimum absolute atomic E-state index is 0.0499. The summed E-state index contributed by atoms with van der Waals surface area (Å²) in [5.41, 5.74) is 5.35. The Balaban J connectivity index is 2.00. The Bertz CT molecular complexity index is 489. The zero-order valence-corrected chi connectivity index (χ0v) is 12.3. The van der Waals surface area contributed by atoms with E-state index in [1.807, 2.05) is 4.90 Å². The van der Waals surface area contributed by atoms with Crippen LogP contribution < -0.4 is 5.73 Å². The first kappa shape index (κ1) is 14.5. The van der Waals surface area contributed by atoms with Gasteiger partial charge in [-0.2, -0.15) is 0 Å². The number of amides is 1. The number of hydrogen-bond donors (Lipinski definition) is 1. The van der Waals surface area contributed by atoms with Gasteiger partial charge in [0, 0.05) is 12.6 Å². The van der Waals surface area contributed by atoms with Crippen LogP contribution >= 0.6 is 22.9 Å². The van der Waals surface area contributed by atoms with Crippen molar-refractivity contribution in [1.82, 2.24) is 4.90 Å². The van der Waals surface area contributed by atoms with Crippen molar-refractivity contribution in [2.75, 3.05) is 13.1 Å². The van der Waals surface area contributed by atoms with E-state index in [1.54, 1.807) is 12.1 Å². The van der Waals surface area contributed by atoms with E-state index in [4.69, 9.17) is 17.3 Å². The maximum absolute atomic E-state index is 12.1. The Hall–Kier alpha value is -0.910. The number of primary amides is 1. The first-order chi connectivity index (χ1) is 8.97. The minimum atomic E-state index is -0.275. The van der Waals surface area contributed by atoms with E-state index in [-0.39, 0.29) is 17.6 Å². The van der Waals surface area contributed by atoms with Crippen LogP contribution in [0.4, 0.5) is 0 Å². The first-order valence-electron chi connectivity index (χ1n) is 6.29. The molecule has 0 bridgehead atoms. The number of ketones is 1.